The Bertz CT molecular complexity index is 1160. The molecule has 160 valence electrons. The summed E-state index contributed by atoms with van der Waals surface area (Å²) in [5.74, 6) is -1.80. The second kappa shape index (κ2) is 8.02. The van der Waals surface area contributed by atoms with Crippen LogP contribution in [0.5, 0.6) is 0 Å². The number of aliphatic imine (C=N–C) groups is 1. The summed E-state index contributed by atoms with van der Waals surface area (Å²) in [6, 6.07) is 33.3. The molecule has 1 saturated heterocycles. The number of nitriles is 1. The van der Waals surface area contributed by atoms with Crippen LogP contribution >= 0.6 is 0 Å². The maximum absolute atomic E-state index is 11.0. The highest BCUT2D eigenvalue weighted by Crippen LogP contribution is 2.68. The first kappa shape index (κ1) is 20.6. The normalized spacial score (nSPS) is 31.4. The Balaban J connectivity index is 1.82. The molecule has 32 heavy (non-hydrogen) atoms. The smallest absolute Gasteiger partial charge is 0.290 e. The van der Waals surface area contributed by atoms with E-state index in [1.807, 2.05) is 61.5 Å². The summed E-state index contributed by atoms with van der Waals surface area (Å²) in [4.78, 5) is 4.91. The third-order valence-electron chi connectivity index (χ3n) is 6.94. The molecule has 0 bridgehead atoms. The Hall–Kier alpha value is -3.26. The molecule has 2 aliphatic heterocycles. The third-order valence-corrected chi connectivity index (χ3v) is 6.94. The van der Waals surface area contributed by atoms with E-state index in [-0.39, 0.29) is 17.9 Å². The minimum Gasteiger partial charge on any atom is -0.334 e. The highest BCUT2D eigenvalue weighted by Gasteiger charge is 2.72. The number of nitrogens with zero attached hydrogens (tertiary/aromatic N) is 2. The van der Waals surface area contributed by atoms with E-state index in [1.165, 1.54) is 0 Å². The quantitative estimate of drug-likeness (QED) is 0.518. The molecule has 2 aliphatic rings. The topological polar surface area (TPSA) is 54.6 Å². The summed E-state index contributed by atoms with van der Waals surface area (Å²) < 4.78 is 12.8. The maximum Gasteiger partial charge on any atom is 0.290 e. The molecule has 1 fully saturated rings. The van der Waals surface area contributed by atoms with Crippen molar-refractivity contribution >= 4 is 5.71 Å². The molecule has 5 unspecified atom stereocenters. The number of benzene rings is 3. The van der Waals surface area contributed by atoms with Gasteiger partial charge in [-0.15, -0.1) is 0 Å². The monoisotopic (exact) mass is 422 g/mol. The van der Waals surface area contributed by atoms with Crippen LogP contribution in [0.3, 0.4) is 0 Å². The number of methoxy groups -OCH3 is 1. The van der Waals surface area contributed by atoms with Gasteiger partial charge < -0.3 is 9.47 Å². The molecule has 0 N–H and O–H groups in total. The largest absolute Gasteiger partial charge is 0.334 e. The van der Waals surface area contributed by atoms with Gasteiger partial charge in [-0.1, -0.05) is 91.0 Å². The summed E-state index contributed by atoms with van der Waals surface area (Å²) in [6.45, 7) is 1.99. The lowest BCUT2D eigenvalue weighted by molar-refractivity contribution is -0.248. The number of rotatable bonds is 4. The van der Waals surface area contributed by atoms with Crippen molar-refractivity contribution in [2.75, 3.05) is 7.11 Å². The summed E-state index contributed by atoms with van der Waals surface area (Å²) in [6.07, 6.45) is 0.302. The molecule has 4 nitrogen and oxygen atoms in total. The fourth-order valence-electron chi connectivity index (χ4n) is 5.63. The molecule has 0 saturated carbocycles. The number of hydrogen-bond acceptors (Lipinski definition) is 4. The third kappa shape index (κ3) is 2.93. The summed E-state index contributed by atoms with van der Waals surface area (Å²) in [5.41, 5.74) is 3.04. The van der Waals surface area contributed by atoms with E-state index in [9.17, 15) is 5.26 Å². The van der Waals surface area contributed by atoms with Gasteiger partial charge in [-0.05, 0) is 30.0 Å². The first-order chi connectivity index (χ1) is 15.6. The van der Waals surface area contributed by atoms with Gasteiger partial charge in [0.1, 0.15) is 0 Å². The molecule has 5 atom stereocenters. The second-order valence-electron chi connectivity index (χ2n) is 8.62. The summed E-state index contributed by atoms with van der Waals surface area (Å²) >= 11 is 0. The standard InChI is InChI=1S/C28H26N2O2/c1-20-18-24(21-12-6-3-7-13-21)27(19-29)25(22-14-8-4-9-15-22)26(23-16-10-5-11-17-23)32-28(27,30-20)31-2/h3-17,24-26H,18H2,1-2H3. The Morgan fingerprint density at radius 1 is 0.875 bits per heavy atom. The van der Waals surface area contributed by atoms with Crippen LogP contribution in [-0.2, 0) is 9.47 Å². The summed E-state index contributed by atoms with van der Waals surface area (Å²) in [7, 11) is 1.60. The van der Waals surface area contributed by atoms with E-state index in [0.717, 1.165) is 22.4 Å². The van der Waals surface area contributed by atoms with Crippen LogP contribution in [-0.4, -0.2) is 18.7 Å². The van der Waals surface area contributed by atoms with Crippen molar-refractivity contribution < 1.29 is 9.47 Å². The van der Waals surface area contributed by atoms with Gasteiger partial charge in [0, 0.05) is 24.7 Å². The molecule has 0 radical (unpaired) electrons. The first-order valence-corrected chi connectivity index (χ1v) is 11.0. The van der Waals surface area contributed by atoms with Gasteiger partial charge in [-0.2, -0.15) is 5.26 Å². The van der Waals surface area contributed by atoms with Gasteiger partial charge in [0.15, 0.2) is 5.41 Å². The maximum atomic E-state index is 11.0. The fraction of sp³-hybridized carbons (Fsp3) is 0.286. The van der Waals surface area contributed by atoms with Crippen LogP contribution in [0.25, 0.3) is 0 Å². The number of fused-ring (bicyclic) bond motifs is 1. The Kier molecular flexibility index (Phi) is 5.17. The minimum atomic E-state index is -1.40. The van der Waals surface area contributed by atoms with Crippen molar-refractivity contribution in [1.82, 2.24) is 0 Å². The van der Waals surface area contributed by atoms with Gasteiger partial charge >= 0.3 is 0 Å². The SMILES string of the molecule is COC12N=C(C)CC(c3ccccc3)C1(C#N)C(c1ccccc1)C(c1ccccc1)O2. The van der Waals surface area contributed by atoms with Crippen LogP contribution in [0.4, 0.5) is 0 Å². The highest BCUT2D eigenvalue weighted by molar-refractivity contribution is 5.84. The molecule has 3 aromatic rings. The zero-order chi connectivity index (χ0) is 22.2. The highest BCUT2D eigenvalue weighted by atomic mass is 16.7. The Morgan fingerprint density at radius 2 is 1.41 bits per heavy atom. The first-order valence-electron chi connectivity index (χ1n) is 11.0. The summed E-state index contributed by atoms with van der Waals surface area (Å²) in [5, 5.41) is 11.0. The van der Waals surface area contributed by atoms with Crippen molar-refractivity contribution in [3.63, 3.8) is 0 Å². The molecule has 4 heteroatoms. The van der Waals surface area contributed by atoms with Gasteiger partial charge in [0.25, 0.3) is 5.91 Å². The van der Waals surface area contributed by atoms with E-state index in [4.69, 9.17) is 14.5 Å². The number of ether oxygens (including phenoxy) is 2. The molecule has 5 rings (SSSR count). The molecule has 0 spiro atoms. The Labute approximate surface area is 189 Å². The lowest BCUT2D eigenvalue weighted by Crippen LogP contribution is -2.53. The van der Waals surface area contributed by atoms with E-state index in [0.29, 0.717) is 6.42 Å². The van der Waals surface area contributed by atoms with E-state index >= 15 is 0 Å². The molecular formula is C28H26N2O2. The van der Waals surface area contributed by atoms with Crippen LogP contribution < -0.4 is 0 Å². The van der Waals surface area contributed by atoms with Crippen LogP contribution in [0.1, 0.15) is 48.0 Å². The molecule has 2 heterocycles. The van der Waals surface area contributed by atoms with E-state index in [2.05, 4.69) is 42.5 Å². The fourth-order valence-corrected chi connectivity index (χ4v) is 5.63. The molecule has 0 aromatic heterocycles. The molecule has 0 amide bonds. The average Bonchev–Trinajstić information content (AvgIpc) is 3.16. The van der Waals surface area contributed by atoms with Crippen molar-refractivity contribution in [2.24, 2.45) is 10.4 Å². The van der Waals surface area contributed by atoms with Crippen molar-refractivity contribution in [3.05, 3.63) is 108 Å². The number of hydrogen-bond donors (Lipinski definition) is 0. The molecule has 0 aliphatic carbocycles. The van der Waals surface area contributed by atoms with Gasteiger partial charge in [0.05, 0.1) is 12.2 Å². The van der Waals surface area contributed by atoms with Crippen LogP contribution in [0, 0.1) is 16.7 Å². The zero-order valence-corrected chi connectivity index (χ0v) is 18.3. The Morgan fingerprint density at radius 3 is 1.94 bits per heavy atom. The molecular weight excluding hydrogens is 396 g/mol. The second-order valence-corrected chi connectivity index (χ2v) is 8.62. The van der Waals surface area contributed by atoms with E-state index in [1.54, 1.807) is 7.11 Å². The predicted molar refractivity (Wildman–Crippen MR) is 124 cm³/mol. The van der Waals surface area contributed by atoms with Crippen molar-refractivity contribution in [2.45, 2.75) is 37.2 Å². The van der Waals surface area contributed by atoms with E-state index < -0.39 is 11.3 Å². The minimum absolute atomic E-state index is 0.134. The van der Waals surface area contributed by atoms with Crippen LogP contribution in [0.2, 0.25) is 0 Å². The lowest BCUT2D eigenvalue weighted by atomic mass is 9.58. The van der Waals surface area contributed by atoms with Gasteiger partial charge in [-0.25, -0.2) is 4.99 Å². The average molecular weight is 423 g/mol. The predicted octanol–water partition coefficient (Wildman–Crippen LogP) is 6.00. The van der Waals surface area contributed by atoms with Gasteiger partial charge in [0.2, 0.25) is 0 Å². The van der Waals surface area contributed by atoms with Gasteiger partial charge in [-0.3, -0.25) is 0 Å². The molecule has 3 aromatic carbocycles. The van der Waals surface area contributed by atoms with Crippen molar-refractivity contribution in [1.29, 1.82) is 5.26 Å². The van der Waals surface area contributed by atoms with Crippen LogP contribution in [0.15, 0.2) is 96.0 Å². The zero-order valence-electron chi connectivity index (χ0n) is 18.3. The lowest BCUT2D eigenvalue weighted by Gasteiger charge is -2.46. The van der Waals surface area contributed by atoms with Crippen molar-refractivity contribution in [3.8, 4) is 6.07 Å².